The Hall–Kier alpha value is -1.88. The van der Waals surface area contributed by atoms with Gasteiger partial charge in [-0.05, 0) is 42.1 Å². The van der Waals surface area contributed by atoms with E-state index in [-0.39, 0.29) is 17.0 Å². The Balaban J connectivity index is 3.35. The van der Waals surface area contributed by atoms with E-state index in [1.165, 1.54) is 6.07 Å². The smallest absolute Gasteiger partial charge is 0.336 e. The second-order valence-electron chi connectivity index (χ2n) is 5.04. The molecule has 0 aliphatic heterocycles. The summed E-state index contributed by atoms with van der Waals surface area (Å²) in [6.07, 6.45) is 0.960. The zero-order valence-corrected chi connectivity index (χ0v) is 12.1. The molecule has 0 unspecified atom stereocenters. The standard InChI is InChI=1S/C15H21NO4/c1-4-5-16-8-11-6-10(14(17)18)7-12(15(19)20)13(11)9(2)3/h6-7,9,16H,4-5,8H2,1-3H3,(H,17,18)(H,19,20). The van der Waals surface area contributed by atoms with E-state index in [1.54, 1.807) is 6.07 Å². The molecule has 0 fully saturated rings. The van der Waals surface area contributed by atoms with Crippen LogP contribution in [0, 0.1) is 0 Å². The number of rotatable bonds is 7. The van der Waals surface area contributed by atoms with E-state index in [4.69, 9.17) is 5.11 Å². The highest BCUT2D eigenvalue weighted by atomic mass is 16.4. The number of carboxylic acids is 2. The van der Waals surface area contributed by atoms with Crippen LogP contribution in [-0.4, -0.2) is 28.7 Å². The zero-order valence-electron chi connectivity index (χ0n) is 12.1. The van der Waals surface area contributed by atoms with E-state index >= 15 is 0 Å². The van der Waals surface area contributed by atoms with Gasteiger partial charge in [0.05, 0.1) is 11.1 Å². The summed E-state index contributed by atoms with van der Waals surface area (Å²) in [5.41, 5.74) is 1.53. The molecule has 1 rings (SSSR count). The average molecular weight is 279 g/mol. The molecule has 5 heteroatoms. The summed E-state index contributed by atoms with van der Waals surface area (Å²) in [5.74, 6) is -2.18. The molecule has 1 aromatic carbocycles. The van der Waals surface area contributed by atoms with Gasteiger partial charge in [0.1, 0.15) is 0 Å². The SMILES string of the molecule is CCCNCc1cc(C(=O)O)cc(C(=O)O)c1C(C)C. The van der Waals surface area contributed by atoms with Gasteiger partial charge >= 0.3 is 11.9 Å². The number of nitrogens with one attached hydrogen (secondary N) is 1. The van der Waals surface area contributed by atoms with E-state index in [1.807, 2.05) is 20.8 Å². The molecular formula is C15H21NO4. The van der Waals surface area contributed by atoms with E-state index in [2.05, 4.69) is 5.32 Å². The lowest BCUT2D eigenvalue weighted by Gasteiger charge is -2.17. The highest BCUT2D eigenvalue weighted by Gasteiger charge is 2.20. The van der Waals surface area contributed by atoms with Gasteiger partial charge in [0.2, 0.25) is 0 Å². The van der Waals surface area contributed by atoms with E-state index in [9.17, 15) is 14.7 Å². The van der Waals surface area contributed by atoms with E-state index in [0.717, 1.165) is 18.5 Å². The molecule has 0 radical (unpaired) electrons. The summed E-state index contributed by atoms with van der Waals surface area (Å²) >= 11 is 0. The first-order valence-electron chi connectivity index (χ1n) is 6.72. The Morgan fingerprint density at radius 1 is 1.20 bits per heavy atom. The van der Waals surface area contributed by atoms with Crippen molar-refractivity contribution in [2.24, 2.45) is 0 Å². The van der Waals surface area contributed by atoms with Crippen LogP contribution in [0.5, 0.6) is 0 Å². The maximum absolute atomic E-state index is 11.4. The second-order valence-corrected chi connectivity index (χ2v) is 5.04. The fourth-order valence-corrected chi connectivity index (χ4v) is 2.24. The minimum atomic E-state index is -1.11. The fraction of sp³-hybridized carbons (Fsp3) is 0.467. The highest BCUT2D eigenvalue weighted by Crippen LogP contribution is 2.26. The van der Waals surface area contributed by atoms with Crippen molar-refractivity contribution in [2.45, 2.75) is 39.7 Å². The summed E-state index contributed by atoms with van der Waals surface area (Å²) in [5, 5.41) is 21.6. The van der Waals surface area contributed by atoms with Crippen LogP contribution in [0.1, 0.15) is 65.0 Å². The maximum Gasteiger partial charge on any atom is 0.336 e. The van der Waals surface area contributed by atoms with Crippen molar-refractivity contribution in [1.29, 1.82) is 0 Å². The number of hydrogen-bond donors (Lipinski definition) is 3. The Bertz CT molecular complexity index is 509. The Morgan fingerprint density at radius 2 is 1.85 bits per heavy atom. The van der Waals surface area contributed by atoms with Crippen LogP contribution in [0.2, 0.25) is 0 Å². The fourth-order valence-electron chi connectivity index (χ4n) is 2.24. The summed E-state index contributed by atoms with van der Waals surface area (Å²) in [6, 6.07) is 2.80. The Labute approximate surface area is 118 Å². The molecule has 0 spiro atoms. The second kappa shape index (κ2) is 7.05. The van der Waals surface area contributed by atoms with Crippen molar-refractivity contribution in [1.82, 2.24) is 5.32 Å². The Kier molecular flexibility index (Phi) is 5.70. The van der Waals surface area contributed by atoms with Crippen LogP contribution >= 0.6 is 0 Å². The van der Waals surface area contributed by atoms with Gasteiger partial charge in [0, 0.05) is 6.54 Å². The quantitative estimate of drug-likeness (QED) is 0.668. The molecule has 0 heterocycles. The molecular weight excluding hydrogens is 258 g/mol. The van der Waals surface area contributed by atoms with Gasteiger partial charge in [-0.1, -0.05) is 20.8 Å². The van der Waals surface area contributed by atoms with Crippen molar-refractivity contribution < 1.29 is 19.8 Å². The van der Waals surface area contributed by atoms with Crippen molar-refractivity contribution in [3.05, 3.63) is 34.4 Å². The minimum absolute atomic E-state index is 0.0140. The molecule has 5 nitrogen and oxygen atoms in total. The molecule has 0 bridgehead atoms. The predicted molar refractivity (Wildman–Crippen MR) is 76.4 cm³/mol. The molecule has 0 atom stereocenters. The van der Waals surface area contributed by atoms with Crippen molar-refractivity contribution in [3.63, 3.8) is 0 Å². The third-order valence-corrected chi connectivity index (χ3v) is 3.06. The molecule has 0 aromatic heterocycles. The number of carbonyl (C=O) groups is 2. The molecule has 0 aliphatic rings. The summed E-state index contributed by atoms with van der Waals surface area (Å²) in [6.45, 7) is 7.13. The van der Waals surface area contributed by atoms with Crippen LogP contribution < -0.4 is 5.32 Å². The van der Waals surface area contributed by atoms with Gasteiger partial charge in [0.25, 0.3) is 0 Å². The maximum atomic E-state index is 11.4. The van der Waals surface area contributed by atoms with Crippen LogP contribution in [0.3, 0.4) is 0 Å². The summed E-state index contributed by atoms with van der Waals surface area (Å²) in [7, 11) is 0. The van der Waals surface area contributed by atoms with Gasteiger partial charge in [-0.25, -0.2) is 9.59 Å². The molecule has 1 aromatic rings. The molecule has 0 amide bonds. The molecule has 20 heavy (non-hydrogen) atoms. The van der Waals surface area contributed by atoms with Crippen LogP contribution in [0.4, 0.5) is 0 Å². The Morgan fingerprint density at radius 3 is 2.30 bits per heavy atom. The lowest BCUT2D eigenvalue weighted by Crippen LogP contribution is -2.18. The number of benzene rings is 1. The van der Waals surface area contributed by atoms with Crippen LogP contribution in [0.25, 0.3) is 0 Å². The van der Waals surface area contributed by atoms with Crippen LogP contribution in [0.15, 0.2) is 12.1 Å². The number of hydrogen-bond acceptors (Lipinski definition) is 3. The van der Waals surface area contributed by atoms with Crippen molar-refractivity contribution in [3.8, 4) is 0 Å². The third-order valence-electron chi connectivity index (χ3n) is 3.06. The zero-order chi connectivity index (χ0) is 15.3. The highest BCUT2D eigenvalue weighted by molar-refractivity contribution is 5.95. The first-order chi connectivity index (χ1) is 9.38. The molecule has 110 valence electrons. The summed E-state index contributed by atoms with van der Waals surface area (Å²) < 4.78 is 0. The lowest BCUT2D eigenvalue weighted by atomic mass is 9.89. The molecule has 3 N–H and O–H groups in total. The van der Waals surface area contributed by atoms with Gasteiger partial charge < -0.3 is 15.5 Å². The molecule has 0 saturated heterocycles. The first-order valence-corrected chi connectivity index (χ1v) is 6.72. The monoisotopic (exact) mass is 279 g/mol. The van der Waals surface area contributed by atoms with Crippen LogP contribution in [-0.2, 0) is 6.54 Å². The van der Waals surface area contributed by atoms with Gasteiger partial charge in [-0.2, -0.15) is 0 Å². The average Bonchev–Trinajstić information content (AvgIpc) is 2.37. The van der Waals surface area contributed by atoms with E-state index in [0.29, 0.717) is 12.1 Å². The molecule has 0 saturated carbocycles. The number of carboxylic acid groups (broad SMARTS) is 2. The van der Waals surface area contributed by atoms with E-state index < -0.39 is 11.9 Å². The predicted octanol–water partition coefficient (Wildman–Crippen LogP) is 2.71. The topological polar surface area (TPSA) is 86.6 Å². The normalized spacial score (nSPS) is 10.8. The summed E-state index contributed by atoms with van der Waals surface area (Å²) in [4.78, 5) is 22.5. The van der Waals surface area contributed by atoms with Gasteiger partial charge in [-0.3, -0.25) is 0 Å². The third kappa shape index (κ3) is 3.81. The van der Waals surface area contributed by atoms with Gasteiger partial charge in [0.15, 0.2) is 0 Å². The van der Waals surface area contributed by atoms with Gasteiger partial charge in [-0.15, -0.1) is 0 Å². The minimum Gasteiger partial charge on any atom is -0.478 e. The largest absolute Gasteiger partial charge is 0.478 e. The molecule has 0 aliphatic carbocycles. The van der Waals surface area contributed by atoms with Crippen molar-refractivity contribution >= 4 is 11.9 Å². The van der Waals surface area contributed by atoms with Crippen molar-refractivity contribution in [2.75, 3.05) is 6.54 Å². The number of aromatic carboxylic acids is 2. The first kappa shape index (κ1) is 16.2. The lowest BCUT2D eigenvalue weighted by molar-refractivity contribution is 0.0695.